The van der Waals surface area contributed by atoms with Crippen LogP contribution in [-0.2, 0) is 17.9 Å². The van der Waals surface area contributed by atoms with E-state index in [9.17, 15) is 4.79 Å². The second-order valence-corrected chi connectivity index (χ2v) is 5.73. The molecule has 0 N–H and O–H groups in total. The predicted octanol–water partition coefficient (Wildman–Crippen LogP) is 2.44. The van der Waals surface area contributed by atoms with Gasteiger partial charge >= 0.3 is 6.09 Å². The fourth-order valence-electron chi connectivity index (χ4n) is 2.62. The van der Waals surface area contributed by atoms with E-state index in [4.69, 9.17) is 9.26 Å². The Morgan fingerprint density at radius 1 is 1.22 bits per heavy atom. The van der Waals surface area contributed by atoms with Crippen molar-refractivity contribution in [2.24, 2.45) is 0 Å². The van der Waals surface area contributed by atoms with Crippen molar-refractivity contribution in [2.45, 2.75) is 20.1 Å². The van der Waals surface area contributed by atoms with Gasteiger partial charge in [0.05, 0.1) is 5.69 Å². The minimum absolute atomic E-state index is 0.245. The lowest BCUT2D eigenvalue weighted by Crippen LogP contribution is -2.48. The monoisotopic (exact) mass is 315 g/mol. The first-order valence-corrected chi connectivity index (χ1v) is 7.81. The van der Waals surface area contributed by atoms with E-state index in [0.717, 1.165) is 36.7 Å². The third-order valence-corrected chi connectivity index (χ3v) is 3.90. The Morgan fingerprint density at radius 3 is 2.61 bits per heavy atom. The summed E-state index contributed by atoms with van der Waals surface area (Å²) < 4.78 is 10.4. The summed E-state index contributed by atoms with van der Waals surface area (Å²) >= 11 is 0. The van der Waals surface area contributed by atoms with Gasteiger partial charge < -0.3 is 14.2 Å². The summed E-state index contributed by atoms with van der Waals surface area (Å²) in [4.78, 5) is 16.1. The fourth-order valence-corrected chi connectivity index (χ4v) is 2.62. The molecule has 0 spiro atoms. The van der Waals surface area contributed by atoms with E-state index in [2.05, 4.69) is 10.1 Å². The number of nitrogens with zero attached hydrogens (tertiary/aromatic N) is 3. The van der Waals surface area contributed by atoms with Gasteiger partial charge in [-0.05, 0) is 12.5 Å². The average molecular weight is 315 g/mol. The smallest absolute Gasteiger partial charge is 0.410 e. The van der Waals surface area contributed by atoms with Crippen LogP contribution < -0.4 is 0 Å². The molecule has 1 aliphatic heterocycles. The lowest BCUT2D eigenvalue weighted by molar-refractivity contribution is 0.0695. The molecule has 0 atom stereocenters. The molecule has 0 radical (unpaired) electrons. The third-order valence-electron chi connectivity index (χ3n) is 3.90. The molecule has 1 saturated heterocycles. The molecule has 2 aromatic rings. The van der Waals surface area contributed by atoms with E-state index in [1.165, 1.54) is 0 Å². The standard InChI is InChI=1S/C17H21N3O3/c1-14-11-16(18-23-14)12-19-7-9-20(10-8-19)17(21)22-13-15-5-3-2-4-6-15/h2-6,11H,7-10,12-13H2,1H3. The number of carbonyl (C=O) groups excluding carboxylic acids is 1. The van der Waals surface area contributed by atoms with Crippen molar-refractivity contribution in [3.05, 3.63) is 53.4 Å². The first-order chi connectivity index (χ1) is 11.2. The lowest BCUT2D eigenvalue weighted by atomic mass is 10.2. The Morgan fingerprint density at radius 2 is 1.96 bits per heavy atom. The summed E-state index contributed by atoms with van der Waals surface area (Å²) in [6.07, 6.45) is -0.245. The van der Waals surface area contributed by atoms with Gasteiger partial charge in [-0.25, -0.2) is 4.79 Å². The first-order valence-electron chi connectivity index (χ1n) is 7.81. The van der Waals surface area contributed by atoms with E-state index >= 15 is 0 Å². The van der Waals surface area contributed by atoms with E-state index in [0.29, 0.717) is 19.7 Å². The molecule has 1 aliphatic rings. The van der Waals surface area contributed by atoms with Crippen LogP contribution >= 0.6 is 0 Å². The molecule has 1 amide bonds. The number of benzene rings is 1. The highest BCUT2D eigenvalue weighted by molar-refractivity contribution is 5.67. The van der Waals surface area contributed by atoms with Crippen LogP contribution in [0.2, 0.25) is 0 Å². The molecule has 6 nitrogen and oxygen atoms in total. The van der Waals surface area contributed by atoms with Crippen LogP contribution in [0.15, 0.2) is 40.9 Å². The molecule has 6 heteroatoms. The van der Waals surface area contributed by atoms with Gasteiger partial charge in [-0.1, -0.05) is 35.5 Å². The van der Waals surface area contributed by atoms with Crippen LogP contribution in [0.4, 0.5) is 4.79 Å². The summed E-state index contributed by atoms with van der Waals surface area (Å²) in [5.41, 5.74) is 1.93. The zero-order valence-corrected chi connectivity index (χ0v) is 13.3. The number of hydrogen-bond donors (Lipinski definition) is 0. The lowest BCUT2D eigenvalue weighted by Gasteiger charge is -2.33. The molecule has 0 unspecified atom stereocenters. The second-order valence-electron chi connectivity index (χ2n) is 5.73. The van der Waals surface area contributed by atoms with Gasteiger partial charge in [0, 0.05) is 38.8 Å². The minimum Gasteiger partial charge on any atom is -0.445 e. The van der Waals surface area contributed by atoms with Crippen molar-refractivity contribution >= 4 is 6.09 Å². The van der Waals surface area contributed by atoms with Crippen molar-refractivity contribution in [2.75, 3.05) is 26.2 Å². The number of aromatic nitrogens is 1. The van der Waals surface area contributed by atoms with E-state index < -0.39 is 0 Å². The molecule has 3 rings (SSSR count). The van der Waals surface area contributed by atoms with Gasteiger partial charge in [0.15, 0.2) is 0 Å². The summed E-state index contributed by atoms with van der Waals surface area (Å²) in [5, 5.41) is 4.01. The number of rotatable bonds is 4. The van der Waals surface area contributed by atoms with Crippen molar-refractivity contribution in [3.8, 4) is 0 Å². The zero-order chi connectivity index (χ0) is 16.1. The number of ether oxygens (including phenoxy) is 1. The normalized spacial score (nSPS) is 15.6. The van der Waals surface area contributed by atoms with Crippen molar-refractivity contribution in [1.29, 1.82) is 0 Å². The number of amides is 1. The molecule has 23 heavy (non-hydrogen) atoms. The zero-order valence-electron chi connectivity index (χ0n) is 13.3. The van der Waals surface area contributed by atoms with Gasteiger partial charge in [-0.15, -0.1) is 0 Å². The Kier molecular flexibility index (Phi) is 4.92. The molecular formula is C17H21N3O3. The maximum Gasteiger partial charge on any atom is 0.410 e. The Bertz CT molecular complexity index is 634. The van der Waals surface area contributed by atoms with Crippen LogP contribution in [0, 0.1) is 6.92 Å². The summed E-state index contributed by atoms with van der Waals surface area (Å²) in [7, 11) is 0. The molecule has 0 bridgehead atoms. The minimum atomic E-state index is -0.245. The number of carbonyl (C=O) groups is 1. The highest BCUT2D eigenvalue weighted by atomic mass is 16.6. The summed E-state index contributed by atoms with van der Waals surface area (Å²) in [6.45, 7) is 5.92. The molecular weight excluding hydrogens is 294 g/mol. The highest BCUT2D eigenvalue weighted by Crippen LogP contribution is 2.10. The molecule has 0 saturated carbocycles. The number of hydrogen-bond acceptors (Lipinski definition) is 5. The Balaban J connectivity index is 1.42. The predicted molar refractivity (Wildman–Crippen MR) is 84.7 cm³/mol. The Labute approximate surface area is 135 Å². The fraction of sp³-hybridized carbons (Fsp3) is 0.412. The van der Waals surface area contributed by atoms with Crippen LogP contribution in [0.25, 0.3) is 0 Å². The molecule has 0 aliphatic carbocycles. The van der Waals surface area contributed by atoms with E-state index in [1.54, 1.807) is 4.90 Å². The Hall–Kier alpha value is -2.34. The van der Waals surface area contributed by atoms with Crippen LogP contribution in [0.3, 0.4) is 0 Å². The third kappa shape index (κ3) is 4.32. The largest absolute Gasteiger partial charge is 0.445 e. The first kappa shape index (κ1) is 15.6. The van der Waals surface area contributed by atoms with Gasteiger partial charge in [0.1, 0.15) is 12.4 Å². The second kappa shape index (κ2) is 7.28. The van der Waals surface area contributed by atoms with Crippen molar-refractivity contribution < 1.29 is 14.1 Å². The van der Waals surface area contributed by atoms with Crippen LogP contribution in [0.5, 0.6) is 0 Å². The maximum atomic E-state index is 12.1. The maximum absolute atomic E-state index is 12.1. The molecule has 1 aromatic heterocycles. The summed E-state index contributed by atoms with van der Waals surface area (Å²) in [5.74, 6) is 0.822. The highest BCUT2D eigenvalue weighted by Gasteiger charge is 2.22. The SMILES string of the molecule is Cc1cc(CN2CCN(C(=O)OCc3ccccc3)CC2)no1. The van der Waals surface area contributed by atoms with Crippen molar-refractivity contribution in [3.63, 3.8) is 0 Å². The van der Waals surface area contributed by atoms with Gasteiger partial charge in [-0.2, -0.15) is 0 Å². The molecule has 1 fully saturated rings. The topological polar surface area (TPSA) is 58.8 Å². The van der Waals surface area contributed by atoms with E-state index in [1.807, 2.05) is 43.3 Å². The van der Waals surface area contributed by atoms with Crippen LogP contribution in [-0.4, -0.2) is 47.2 Å². The van der Waals surface area contributed by atoms with E-state index in [-0.39, 0.29) is 6.09 Å². The van der Waals surface area contributed by atoms with Gasteiger partial charge in [0.25, 0.3) is 0 Å². The average Bonchev–Trinajstić information content (AvgIpc) is 2.99. The molecule has 122 valence electrons. The van der Waals surface area contributed by atoms with Crippen molar-refractivity contribution in [1.82, 2.24) is 15.0 Å². The number of aryl methyl sites for hydroxylation is 1. The number of piperazine rings is 1. The molecule has 2 heterocycles. The van der Waals surface area contributed by atoms with Gasteiger partial charge in [-0.3, -0.25) is 4.90 Å². The summed E-state index contributed by atoms with van der Waals surface area (Å²) in [6, 6.07) is 11.7. The molecule has 1 aromatic carbocycles. The van der Waals surface area contributed by atoms with Gasteiger partial charge in [0.2, 0.25) is 0 Å². The van der Waals surface area contributed by atoms with Crippen LogP contribution in [0.1, 0.15) is 17.0 Å². The quantitative estimate of drug-likeness (QED) is 0.867.